The Labute approximate surface area is 139 Å². The maximum atomic E-state index is 11.7. The van der Waals surface area contributed by atoms with Crippen LogP contribution in [0, 0.1) is 0 Å². The molecule has 0 fully saturated rings. The van der Waals surface area contributed by atoms with Gasteiger partial charge in [0.2, 0.25) is 0 Å². The molecule has 0 saturated heterocycles. The minimum Gasteiger partial charge on any atom is -0.497 e. The van der Waals surface area contributed by atoms with Crippen LogP contribution in [0.25, 0.3) is 0 Å². The average Bonchev–Trinajstić information content (AvgIpc) is 2.60. The lowest BCUT2D eigenvalue weighted by Gasteiger charge is -2.08. The van der Waals surface area contributed by atoms with Crippen molar-refractivity contribution in [1.29, 1.82) is 0 Å². The maximum Gasteiger partial charge on any atom is 0.277 e. The molecule has 7 heteroatoms. The van der Waals surface area contributed by atoms with Gasteiger partial charge in [-0.25, -0.2) is 5.43 Å². The Kier molecular flexibility index (Phi) is 5.90. The molecule has 0 saturated carbocycles. The van der Waals surface area contributed by atoms with Crippen molar-refractivity contribution in [1.82, 2.24) is 5.43 Å². The summed E-state index contributed by atoms with van der Waals surface area (Å²) >= 11 is 0. The van der Waals surface area contributed by atoms with Crippen molar-refractivity contribution in [2.24, 2.45) is 10.8 Å². The first-order valence-corrected chi connectivity index (χ1v) is 7.07. The van der Waals surface area contributed by atoms with Crippen molar-refractivity contribution in [3.05, 3.63) is 59.7 Å². The summed E-state index contributed by atoms with van der Waals surface area (Å²) in [6.07, 6.45) is 1.49. The predicted octanol–water partition coefficient (Wildman–Crippen LogP) is 1.32. The zero-order chi connectivity index (χ0) is 17.4. The summed E-state index contributed by atoms with van der Waals surface area (Å²) in [6.45, 7) is -0.287. The van der Waals surface area contributed by atoms with Gasteiger partial charge in [0.1, 0.15) is 11.5 Å². The van der Waals surface area contributed by atoms with Crippen LogP contribution >= 0.6 is 0 Å². The third kappa shape index (κ3) is 4.84. The zero-order valence-electron chi connectivity index (χ0n) is 13.1. The Morgan fingerprint density at radius 2 is 1.88 bits per heavy atom. The highest BCUT2D eigenvalue weighted by Gasteiger charge is 2.09. The van der Waals surface area contributed by atoms with Crippen molar-refractivity contribution >= 4 is 18.0 Å². The van der Waals surface area contributed by atoms with Gasteiger partial charge in [-0.15, -0.1) is 0 Å². The average molecular weight is 327 g/mol. The SMILES string of the molecule is COc1ccc(/C=N\NC(=O)COc2ccccc2C(N)=O)cc1. The second-order valence-corrected chi connectivity index (χ2v) is 4.72. The second-order valence-electron chi connectivity index (χ2n) is 4.72. The number of carbonyl (C=O) groups is 2. The fourth-order valence-corrected chi connectivity index (χ4v) is 1.84. The van der Waals surface area contributed by atoms with Crippen LogP contribution in [0.3, 0.4) is 0 Å². The highest BCUT2D eigenvalue weighted by Crippen LogP contribution is 2.16. The van der Waals surface area contributed by atoms with E-state index in [0.29, 0.717) is 0 Å². The van der Waals surface area contributed by atoms with Gasteiger partial charge >= 0.3 is 0 Å². The van der Waals surface area contributed by atoms with Gasteiger partial charge in [-0.1, -0.05) is 12.1 Å². The Bertz CT molecular complexity index is 742. The molecule has 2 rings (SSSR count). The van der Waals surface area contributed by atoms with Crippen LogP contribution in [0.2, 0.25) is 0 Å². The molecule has 0 atom stereocenters. The summed E-state index contributed by atoms with van der Waals surface area (Å²) in [5.74, 6) is -0.0976. The highest BCUT2D eigenvalue weighted by molar-refractivity contribution is 5.95. The summed E-state index contributed by atoms with van der Waals surface area (Å²) in [7, 11) is 1.58. The number of para-hydroxylation sites is 1. The number of hydrogen-bond acceptors (Lipinski definition) is 5. The first-order valence-electron chi connectivity index (χ1n) is 7.07. The van der Waals surface area contributed by atoms with Crippen molar-refractivity contribution in [3.8, 4) is 11.5 Å². The first-order chi connectivity index (χ1) is 11.6. The molecule has 24 heavy (non-hydrogen) atoms. The number of nitrogens with one attached hydrogen (secondary N) is 1. The van der Waals surface area contributed by atoms with Crippen molar-refractivity contribution in [2.75, 3.05) is 13.7 Å². The number of methoxy groups -OCH3 is 1. The van der Waals surface area contributed by atoms with E-state index in [1.165, 1.54) is 12.3 Å². The number of nitrogens with two attached hydrogens (primary N) is 1. The summed E-state index contributed by atoms with van der Waals surface area (Å²) in [5, 5.41) is 3.83. The molecule has 2 aromatic rings. The third-order valence-corrected chi connectivity index (χ3v) is 3.03. The van der Waals surface area contributed by atoms with E-state index in [2.05, 4.69) is 10.5 Å². The number of nitrogens with zero attached hydrogens (tertiary/aromatic N) is 1. The van der Waals surface area contributed by atoms with Crippen LogP contribution < -0.4 is 20.6 Å². The van der Waals surface area contributed by atoms with Crippen LogP contribution in [0.4, 0.5) is 0 Å². The van der Waals surface area contributed by atoms with Gasteiger partial charge in [0.05, 0.1) is 18.9 Å². The Morgan fingerprint density at radius 3 is 2.54 bits per heavy atom. The smallest absolute Gasteiger partial charge is 0.277 e. The molecule has 2 aromatic carbocycles. The Balaban J connectivity index is 1.85. The van der Waals surface area contributed by atoms with E-state index in [1.54, 1.807) is 49.6 Å². The third-order valence-electron chi connectivity index (χ3n) is 3.03. The fourth-order valence-electron chi connectivity index (χ4n) is 1.84. The topological polar surface area (TPSA) is 103 Å². The number of ether oxygens (including phenoxy) is 2. The van der Waals surface area contributed by atoms with Crippen LogP contribution in [0.5, 0.6) is 11.5 Å². The molecule has 124 valence electrons. The standard InChI is InChI=1S/C17H17N3O4/c1-23-13-8-6-12(7-9-13)10-19-20-16(21)11-24-15-5-3-2-4-14(15)17(18)22/h2-10H,11H2,1H3,(H2,18,22)(H,20,21)/b19-10-. The van der Waals surface area contributed by atoms with Gasteiger partial charge in [-0.05, 0) is 42.0 Å². The minimum atomic E-state index is -0.622. The van der Waals surface area contributed by atoms with Crippen molar-refractivity contribution < 1.29 is 19.1 Å². The van der Waals surface area contributed by atoms with E-state index in [4.69, 9.17) is 15.2 Å². The number of amides is 2. The number of primary amides is 1. The summed E-state index contributed by atoms with van der Waals surface area (Å²) in [5.41, 5.74) is 8.59. The van der Waals surface area contributed by atoms with Gasteiger partial charge < -0.3 is 15.2 Å². The molecule has 0 radical (unpaired) electrons. The second kappa shape index (κ2) is 8.33. The molecule has 0 aromatic heterocycles. The zero-order valence-corrected chi connectivity index (χ0v) is 13.1. The normalized spacial score (nSPS) is 10.4. The van der Waals surface area contributed by atoms with Crippen LogP contribution in [-0.4, -0.2) is 31.7 Å². The number of rotatable bonds is 7. The first kappa shape index (κ1) is 17.0. The number of hydrogen-bond donors (Lipinski definition) is 2. The molecule has 0 heterocycles. The number of benzene rings is 2. The predicted molar refractivity (Wildman–Crippen MR) is 89.2 cm³/mol. The molecule has 0 unspecified atom stereocenters. The Hall–Kier alpha value is -3.35. The molecule has 0 bridgehead atoms. The van der Waals surface area contributed by atoms with Gasteiger partial charge in [0, 0.05) is 0 Å². The fraction of sp³-hybridized carbons (Fsp3) is 0.118. The van der Waals surface area contributed by atoms with E-state index in [-0.39, 0.29) is 17.9 Å². The Morgan fingerprint density at radius 1 is 1.17 bits per heavy atom. The highest BCUT2D eigenvalue weighted by atomic mass is 16.5. The molecular formula is C17H17N3O4. The summed E-state index contributed by atoms with van der Waals surface area (Å²) < 4.78 is 10.3. The van der Waals surface area contributed by atoms with E-state index in [9.17, 15) is 9.59 Å². The van der Waals surface area contributed by atoms with Crippen LogP contribution in [0.1, 0.15) is 15.9 Å². The van der Waals surface area contributed by atoms with E-state index in [0.717, 1.165) is 11.3 Å². The van der Waals surface area contributed by atoms with Gasteiger partial charge in [0.25, 0.3) is 11.8 Å². The molecule has 0 spiro atoms. The summed E-state index contributed by atoms with van der Waals surface area (Å²) in [4.78, 5) is 23.0. The summed E-state index contributed by atoms with van der Waals surface area (Å²) in [6, 6.07) is 13.6. The van der Waals surface area contributed by atoms with Crippen LogP contribution in [0.15, 0.2) is 53.6 Å². The number of hydrazone groups is 1. The molecule has 0 aliphatic carbocycles. The van der Waals surface area contributed by atoms with Crippen LogP contribution in [-0.2, 0) is 4.79 Å². The van der Waals surface area contributed by atoms with Gasteiger partial charge in [-0.2, -0.15) is 5.10 Å². The molecule has 0 aliphatic rings. The lowest BCUT2D eigenvalue weighted by Crippen LogP contribution is -2.25. The van der Waals surface area contributed by atoms with Gasteiger partial charge in [-0.3, -0.25) is 9.59 Å². The lowest BCUT2D eigenvalue weighted by molar-refractivity contribution is -0.123. The van der Waals surface area contributed by atoms with E-state index >= 15 is 0 Å². The monoisotopic (exact) mass is 327 g/mol. The molecular weight excluding hydrogens is 310 g/mol. The maximum absolute atomic E-state index is 11.7. The minimum absolute atomic E-state index is 0.215. The molecule has 3 N–H and O–H groups in total. The molecule has 2 amide bonds. The van der Waals surface area contributed by atoms with E-state index < -0.39 is 11.8 Å². The van der Waals surface area contributed by atoms with E-state index in [1.807, 2.05) is 0 Å². The quantitative estimate of drug-likeness (QED) is 0.591. The molecule has 0 aliphatic heterocycles. The molecule has 7 nitrogen and oxygen atoms in total. The van der Waals surface area contributed by atoms with Crippen molar-refractivity contribution in [3.63, 3.8) is 0 Å². The van der Waals surface area contributed by atoms with Crippen molar-refractivity contribution in [2.45, 2.75) is 0 Å². The number of carbonyl (C=O) groups excluding carboxylic acids is 2. The lowest BCUT2D eigenvalue weighted by atomic mass is 10.2. The largest absolute Gasteiger partial charge is 0.497 e. The van der Waals surface area contributed by atoms with Gasteiger partial charge in [0.15, 0.2) is 6.61 Å².